The Morgan fingerprint density at radius 1 is 0.895 bits per heavy atom. The first-order chi connectivity index (χ1) is 17.3. The van der Waals surface area contributed by atoms with Crippen LogP contribution in [0.4, 0.5) is 10.1 Å². The highest BCUT2D eigenvalue weighted by atomic mass is 32.3. The van der Waals surface area contributed by atoms with Crippen LogP contribution in [0.5, 0.6) is 0 Å². The minimum Gasteiger partial charge on any atom is -0.348 e. The Kier molecular flexibility index (Phi) is 9.31. The Balaban J connectivity index is 3.13. The Bertz CT molecular complexity index is 1410. The predicted octanol–water partition coefficient (Wildman–Crippen LogP) is 5.61. The molecule has 0 radical (unpaired) electrons. The Hall–Kier alpha value is -3.06. The number of sulfonamides is 1. The van der Waals surface area contributed by atoms with Crippen LogP contribution in [0.3, 0.4) is 0 Å². The van der Waals surface area contributed by atoms with Crippen molar-refractivity contribution in [1.82, 2.24) is 9.80 Å². The van der Waals surface area contributed by atoms with Crippen LogP contribution in [0.1, 0.15) is 41.0 Å². The molecule has 0 heterocycles. The summed E-state index contributed by atoms with van der Waals surface area (Å²) in [6.07, 6.45) is 0.581. The second kappa shape index (κ2) is 11.4. The largest absolute Gasteiger partial charge is 0.348 e. The first-order valence-electron chi connectivity index (χ1n) is 11.8. The fourth-order valence-corrected chi connectivity index (χ4v) is 8.68. The standard InChI is InChI=1S/C25H37FN6O4S2/c1-24(2,3)18-25(4,5)28-37(21-14-10-19(26)11-15-21,27-23(30(6)7)31(8)9)29-38(35,36)22-16-12-20(13-17-22)32(33)34/h10-17H,18H2,1-9H3. The van der Waals surface area contributed by atoms with E-state index in [-0.39, 0.29) is 16.0 Å². The third-order valence-electron chi connectivity index (χ3n) is 5.02. The average Bonchev–Trinajstić information content (AvgIpc) is 2.75. The highest BCUT2D eigenvalue weighted by Gasteiger charge is 2.30. The lowest BCUT2D eigenvalue weighted by Crippen LogP contribution is -2.36. The van der Waals surface area contributed by atoms with Crippen molar-refractivity contribution in [3.05, 3.63) is 64.5 Å². The number of nitro groups is 1. The van der Waals surface area contributed by atoms with Gasteiger partial charge in [-0.3, -0.25) is 10.1 Å². The number of benzene rings is 2. The lowest BCUT2D eigenvalue weighted by atomic mass is 9.82. The molecule has 1 unspecified atom stereocenters. The van der Waals surface area contributed by atoms with Gasteiger partial charge in [0, 0.05) is 40.3 Å². The van der Waals surface area contributed by atoms with Gasteiger partial charge in [-0.15, -0.1) is 3.77 Å². The maximum Gasteiger partial charge on any atom is 0.290 e. The molecular formula is C25H37FN6O4S2. The first kappa shape index (κ1) is 31.2. The number of hydrogen-bond donors (Lipinski definition) is 0. The van der Waals surface area contributed by atoms with E-state index in [9.17, 15) is 22.9 Å². The van der Waals surface area contributed by atoms with Gasteiger partial charge in [0.15, 0.2) is 0 Å². The summed E-state index contributed by atoms with van der Waals surface area (Å²) in [5.41, 5.74) is -1.20. The Morgan fingerprint density at radius 3 is 1.79 bits per heavy atom. The van der Waals surface area contributed by atoms with Crippen molar-refractivity contribution in [3.63, 3.8) is 0 Å². The van der Waals surface area contributed by atoms with Crippen molar-refractivity contribution in [2.75, 3.05) is 28.2 Å². The van der Waals surface area contributed by atoms with Gasteiger partial charge in [-0.1, -0.05) is 20.8 Å². The minimum absolute atomic E-state index is 0.159. The van der Waals surface area contributed by atoms with E-state index in [4.69, 9.17) is 8.76 Å². The van der Waals surface area contributed by atoms with Crippen molar-refractivity contribution in [3.8, 4) is 0 Å². The summed E-state index contributed by atoms with van der Waals surface area (Å²) in [5, 5.41) is 11.1. The molecule has 0 spiro atoms. The predicted molar refractivity (Wildman–Crippen MR) is 150 cm³/mol. The highest BCUT2D eigenvalue weighted by Crippen LogP contribution is 2.34. The Labute approximate surface area is 225 Å². The van der Waals surface area contributed by atoms with Crippen molar-refractivity contribution in [2.24, 2.45) is 17.9 Å². The summed E-state index contributed by atoms with van der Waals surface area (Å²) in [6.45, 7) is 9.94. The molecule has 13 heteroatoms. The van der Waals surface area contributed by atoms with Gasteiger partial charge in [-0.05, 0) is 62.1 Å². The number of nitro benzene ring substituents is 1. The van der Waals surface area contributed by atoms with Crippen molar-refractivity contribution < 1.29 is 17.7 Å². The summed E-state index contributed by atoms with van der Waals surface area (Å²) in [6, 6.07) is 9.81. The molecular weight excluding hydrogens is 531 g/mol. The second-order valence-corrected chi connectivity index (χ2v) is 15.0. The van der Waals surface area contributed by atoms with E-state index in [1.54, 1.807) is 38.0 Å². The van der Waals surface area contributed by atoms with Crippen molar-refractivity contribution >= 4 is 31.5 Å². The fraction of sp³-hybridized carbons (Fsp3) is 0.480. The Morgan fingerprint density at radius 2 is 1.37 bits per heavy atom. The van der Waals surface area contributed by atoms with E-state index >= 15 is 0 Å². The third kappa shape index (κ3) is 8.22. The van der Waals surface area contributed by atoms with Crippen LogP contribution >= 0.6 is 0 Å². The van der Waals surface area contributed by atoms with Crippen LogP contribution in [-0.4, -0.2) is 62.8 Å². The van der Waals surface area contributed by atoms with Crippen LogP contribution in [0, 0.1) is 21.3 Å². The number of halogens is 1. The van der Waals surface area contributed by atoms with Gasteiger partial charge in [-0.25, -0.2) is 8.75 Å². The molecule has 2 rings (SSSR count). The normalized spacial score (nSPS) is 13.7. The first-order valence-corrected chi connectivity index (χ1v) is 14.7. The third-order valence-corrected chi connectivity index (χ3v) is 9.58. The quantitative estimate of drug-likeness (QED) is 0.185. The summed E-state index contributed by atoms with van der Waals surface area (Å²) in [4.78, 5) is 14.0. The smallest absolute Gasteiger partial charge is 0.290 e. The maximum atomic E-state index is 14.0. The zero-order valence-corrected chi connectivity index (χ0v) is 25.0. The molecule has 0 bridgehead atoms. The molecule has 10 nitrogen and oxygen atoms in total. The van der Waals surface area contributed by atoms with Gasteiger partial charge in [0.05, 0.1) is 30.1 Å². The van der Waals surface area contributed by atoms with Crippen LogP contribution in [0.25, 0.3) is 0 Å². The van der Waals surface area contributed by atoms with E-state index in [0.717, 1.165) is 24.3 Å². The minimum atomic E-state index is -4.42. The average molecular weight is 569 g/mol. The van der Waals surface area contributed by atoms with Gasteiger partial charge in [0.1, 0.15) is 5.82 Å². The van der Waals surface area contributed by atoms with E-state index in [1.807, 2.05) is 13.8 Å². The molecule has 0 saturated carbocycles. The second-order valence-electron chi connectivity index (χ2n) is 11.1. The zero-order valence-electron chi connectivity index (χ0n) is 23.3. The monoisotopic (exact) mass is 568 g/mol. The summed E-state index contributed by atoms with van der Waals surface area (Å²) >= 11 is 0. The molecule has 2 aromatic rings. The van der Waals surface area contributed by atoms with E-state index < -0.39 is 36.1 Å². The fourth-order valence-electron chi connectivity index (χ4n) is 4.09. The molecule has 0 aromatic heterocycles. The van der Waals surface area contributed by atoms with Gasteiger partial charge < -0.3 is 9.80 Å². The van der Waals surface area contributed by atoms with E-state index in [1.165, 1.54) is 24.3 Å². The molecule has 0 amide bonds. The van der Waals surface area contributed by atoms with Crippen molar-refractivity contribution in [2.45, 2.75) is 56.4 Å². The van der Waals surface area contributed by atoms with Gasteiger partial charge >= 0.3 is 0 Å². The molecule has 0 aliphatic heterocycles. The summed E-state index contributed by atoms with van der Waals surface area (Å²) < 4.78 is 55.7. The SMILES string of the molecule is CN(C)C(=NS(=NC(C)(C)CC(C)(C)C)(=NS(=O)(=O)c1ccc([N+](=O)[O-])cc1)c1ccc(F)cc1)N(C)C. The molecule has 0 saturated heterocycles. The van der Waals surface area contributed by atoms with E-state index in [0.29, 0.717) is 17.3 Å². The molecule has 0 aliphatic carbocycles. The summed E-state index contributed by atoms with van der Waals surface area (Å²) in [7, 11) is -0.651. The molecule has 38 heavy (non-hydrogen) atoms. The van der Waals surface area contributed by atoms with Gasteiger partial charge in [0.2, 0.25) is 5.96 Å². The number of guanidine groups is 1. The highest BCUT2D eigenvalue weighted by molar-refractivity contribution is 8.04. The summed E-state index contributed by atoms with van der Waals surface area (Å²) in [5.74, 6) is -0.0964. The number of hydrogen-bond acceptors (Lipinski definition) is 5. The molecule has 1 atom stereocenters. The molecule has 0 N–H and O–H groups in total. The topological polar surface area (TPSA) is 121 Å². The molecule has 2 aromatic carbocycles. The van der Waals surface area contributed by atoms with Crippen LogP contribution in [-0.2, 0) is 19.8 Å². The van der Waals surface area contributed by atoms with Crippen molar-refractivity contribution in [1.29, 1.82) is 0 Å². The van der Waals surface area contributed by atoms with Crippen LogP contribution in [0.2, 0.25) is 0 Å². The van der Waals surface area contributed by atoms with Gasteiger partial charge in [-0.2, -0.15) is 12.8 Å². The molecule has 0 aliphatic rings. The van der Waals surface area contributed by atoms with E-state index in [2.05, 4.69) is 24.5 Å². The molecule has 210 valence electrons. The number of nitrogens with zero attached hydrogens (tertiary/aromatic N) is 6. The van der Waals surface area contributed by atoms with Gasteiger partial charge in [0.25, 0.3) is 15.7 Å². The maximum absolute atomic E-state index is 14.0. The molecule has 0 fully saturated rings. The lowest BCUT2D eigenvalue weighted by molar-refractivity contribution is -0.384. The zero-order chi connectivity index (χ0) is 29.1. The van der Waals surface area contributed by atoms with Crippen LogP contribution in [0.15, 0.2) is 70.9 Å². The van der Waals surface area contributed by atoms with Crippen LogP contribution < -0.4 is 0 Å². The number of non-ortho nitro benzene ring substituents is 1. The lowest BCUT2D eigenvalue weighted by Gasteiger charge is -2.31. The number of rotatable bonds is 7.